The number of amides is 1. The zero-order valence-electron chi connectivity index (χ0n) is 11.9. The van der Waals surface area contributed by atoms with Crippen LogP contribution in [0.1, 0.15) is 56.4 Å². The monoisotopic (exact) mass is 311 g/mol. The fourth-order valence-electron chi connectivity index (χ4n) is 2.51. The van der Waals surface area contributed by atoms with Crippen molar-refractivity contribution in [3.05, 3.63) is 5.01 Å². The fraction of sp³-hybridized carbons (Fsp3) is 0.786. The molecule has 1 aromatic rings. The van der Waals surface area contributed by atoms with Gasteiger partial charge >= 0.3 is 0 Å². The molecule has 1 saturated carbocycles. The molecular formula is C14H21N3OS2. The first kappa shape index (κ1) is 14.3. The summed E-state index contributed by atoms with van der Waals surface area (Å²) in [7, 11) is 0. The topological polar surface area (TPSA) is 46.1 Å². The second kappa shape index (κ2) is 6.43. The first-order valence-electron chi connectivity index (χ1n) is 7.53. The van der Waals surface area contributed by atoms with Gasteiger partial charge < -0.3 is 4.90 Å². The third kappa shape index (κ3) is 3.52. The van der Waals surface area contributed by atoms with Crippen molar-refractivity contribution < 1.29 is 4.79 Å². The lowest BCUT2D eigenvalue weighted by Crippen LogP contribution is -2.37. The minimum absolute atomic E-state index is 0.0481. The van der Waals surface area contributed by atoms with Gasteiger partial charge in [0.25, 0.3) is 0 Å². The largest absolute Gasteiger partial charge is 0.342 e. The van der Waals surface area contributed by atoms with Gasteiger partial charge in [-0.15, -0.1) is 10.2 Å². The van der Waals surface area contributed by atoms with Gasteiger partial charge in [0, 0.05) is 19.0 Å². The van der Waals surface area contributed by atoms with Crippen LogP contribution in [0.2, 0.25) is 0 Å². The van der Waals surface area contributed by atoms with Gasteiger partial charge in [-0.1, -0.05) is 35.9 Å². The first-order chi connectivity index (χ1) is 9.74. The van der Waals surface area contributed by atoms with Crippen molar-refractivity contribution in [3.63, 3.8) is 0 Å². The van der Waals surface area contributed by atoms with Crippen LogP contribution in [-0.4, -0.2) is 39.3 Å². The molecule has 1 saturated heterocycles. The molecule has 1 atom stereocenters. The third-order valence-electron chi connectivity index (χ3n) is 3.89. The van der Waals surface area contributed by atoms with Crippen molar-refractivity contribution in [2.75, 3.05) is 13.1 Å². The van der Waals surface area contributed by atoms with Crippen LogP contribution in [-0.2, 0) is 4.79 Å². The molecule has 1 aliphatic carbocycles. The van der Waals surface area contributed by atoms with Gasteiger partial charge in [0.2, 0.25) is 5.91 Å². The Bertz CT molecular complexity index is 465. The number of nitrogens with zero attached hydrogens (tertiary/aromatic N) is 3. The minimum Gasteiger partial charge on any atom is -0.342 e. The zero-order chi connectivity index (χ0) is 13.9. The number of likely N-dealkylation sites (tertiary alicyclic amines) is 1. The summed E-state index contributed by atoms with van der Waals surface area (Å²) in [6.45, 7) is 3.84. The Morgan fingerprint density at radius 1 is 1.25 bits per heavy atom. The van der Waals surface area contributed by atoms with Crippen molar-refractivity contribution in [1.82, 2.24) is 15.1 Å². The molecule has 0 radical (unpaired) electrons. The highest BCUT2D eigenvalue weighted by molar-refractivity contribution is 8.02. The second-order valence-corrected chi connectivity index (χ2v) is 8.28. The Hall–Kier alpha value is -0.620. The molecule has 2 fully saturated rings. The molecule has 1 amide bonds. The average molecular weight is 311 g/mol. The molecular weight excluding hydrogens is 290 g/mol. The lowest BCUT2D eigenvalue weighted by Gasteiger charge is -2.23. The van der Waals surface area contributed by atoms with Crippen molar-refractivity contribution in [2.45, 2.75) is 61.0 Å². The van der Waals surface area contributed by atoms with E-state index < -0.39 is 0 Å². The SMILES string of the molecule is C[C@@H](Sc1nnc(C2CC2)s1)C(=O)N1CCCCCC1. The van der Waals surface area contributed by atoms with E-state index in [0.717, 1.165) is 35.3 Å². The van der Waals surface area contributed by atoms with E-state index in [-0.39, 0.29) is 11.2 Å². The Morgan fingerprint density at radius 2 is 1.95 bits per heavy atom. The smallest absolute Gasteiger partial charge is 0.235 e. The van der Waals surface area contributed by atoms with Gasteiger partial charge in [-0.25, -0.2) is 0 Å². The van der Waals surface area contributed by atoms with E-state index in [4.69, 9.17) is 0 Å². The van der Waals surface area contributed by atoms with Crippen molar-refractivity contribution in [1.29, 1.82) is 0 Å². The lowest BCUT2D eigenvalue weighted by atomic mass is 10.2. The highest BCUT2D eigenvalue weighted by atomic mass is 32.2. The molecule has 0 bridgehead atoms. The van der Waals surface area contributed by atoms with Crippen LogP contribution in [0.4, 0.5) is 0 Å². The van der Waals surface area contributed by atoms with Crippen LogP contribution >= 0.6 is 23.1 Å². The maximum atomic E-state index is 12.5. The van der Waals surface area contributed by atoms with Gasteiger partial charge in [0.1, 0.15) is 5.01 Å². The van der Waals surface area contributed by atoms with Crippen LogP contribution in [0.25, 0.3) is 0 Å². The summed E-state index contributed by atoms with van der Waals surface area (Å²) in [5.74, 6) is 0.915. The maximum Gasteiger partial charge on any atom is 0.235 e. The maximum absolute atomic E-state index is 12.5. The molecule has 0 unspecified atom stereocenters. The summed E-state index contributed by atoms with van der Waals surface area (Å²) in [4.78, 5) is 14.5. The third-order valence-corrected chi connectivity index (χ3v) is 6.15. The lowest BCUT2D eigenvalue weighted by molar-refractivity contribution is -0.130. The first-order valence-corrected chi connectivity index (χ1v) is 9.22. The molecule has 2 aliphatic rings. The van der Waals surface area contributed by atoms with Crippen LogP contribution in [0.3, 0.4) is 0 Å². The van der Waals surface area contributed by atoms with Crippen molar-refractivity contribution >= 4 is 29.0 Å². The summed E-state index contributed by atoms with van der Waals surface area (Å²) in [5, 5.41) is 9.57. The standard InChI is InChI=1S/C14H21N3OS2/c1-10(13(18)17-8-4-2-3-5-9-17)19-14-16-15-12(20-14)11-6-7-11/h10-11H,2-9H2,1H3/t10-/m1/s1. The van der Waals surface area contributed by atoms with Crippen LogP contribution in [0, 0.1) is 0 Å². The molecule has 0 N–H and O–H groups in total. The van der Waals surface area contributed by atoms with Gasteiger partial charge in [-0.2, -0.15) is 0 Å². The van der Waals surface area contributed by atoms with E-state index in [9.17, 15) is 4.79 Å². The number of hydrogen-bond acceptors (Lipinski definition) is 5. The molecule has 0 aromatic carbocycles. The summed E-state index contributed by atoms with van der Waals surface area (Å²) in [6, 6.07) is 0. The second-order valence-electron chi connectivity index (χ2n) is 5.68. The number of thioether (sulfide) groups is 1. The van der Waals surface area contributed by atoms with E-state index in [1.807, 2.05) is 11.8 Å². The molecule has 6 heteroatoms. The number of carbonyl (C=O) groups excluding carboxylic acids is 1. The van der Waals surface area contributed by atoms with Gasteiger partial charge in [-0.3, -0.25) is 4.79 Å². The fourth-order valence-corrected chi connectivity index (χ4v) is 4.78. The van der Waals surface area contributed by atoms with E-state index in [2.05, 4.69) is 10.2 Å². The molecule has 1 aromatic heterocycles. The normalized spacial score (nSPS) is 21.6. The van der Waals surface area contributed by atoms with E-state index in [1.165, 1.54) is 25.7 Å². The Balaban J connectivity index is 1.56. The Labute approximate surface area is 128 Å². The number of hydrogen-bond donors (Lipinski definition) is 0. The molecule has 1 aliphatic heterocycles. The average Bonchev–Trinajstić information content (AvgIpc) is 3.24. The molecule has 110 valence electrons. The molecule has 4 nitrogen and oxygen atoms in total. The molecule has 2 heterocycles. The summed E-state index contributed by atoms with van der Waals surface area (Å²) >= 11 is 3.24. The predicted octanol–water partition coefficient (Wildman–Crippen LogP) is 3.30. The van der Waals surface area contributed by atoms with Crippen LogP contribution < -0.4 is 0 Å². The number of carbonyl (C=O) groups is 1. The number of aromatic nitrogens is 2. The molecule has 0 spiro atoms. The summed E-state index contributed by atoms with van der Waals surface area (Å²) < 4.78 is 0.947. The molecule has 3 rings (SSSR count). The highest BCUT2D eigenvalue weighted by Gasteiger charge is 2.29. The summed E-state index contributed by atoms with van der Waals surface area (Å²) in [5.41, 5.74) is 0. The van der Waals surface area contributed by atoms with Crippen LogP contribution in [0.15, 0.2) is 4.34 Å². The van der Waals surface area contributed by atoms with E-state index in [1.54, 1.807) is 23.1 Å². The van der Waals surface area contributed by atoms with Gasteiger partial charge in [0.05, 0.1) is 5.25 Å². The van der Waals surface area contributed by atoms with Crippen LogP contribution in [0.5, 0.6) is 0 Å². The van der Waals surface area contributed by atoms with E-state index in [0.29, 0.717) is 5.92 Å². The Morgan fingerprint density at radius 3 is 2.60 bits per heavy atom. The van der Waals surface area contributed by atoms with Crippen molar-refractivity contribution in [2.24, 2.45) is 0 Å². The van der Waals surface area contributed by atoms with E-state index >= 15 is 0 Å². The Kier molecular flexibility index (Phi) is 4.61. The van der Waals surface area contributed by atoms with Gasteiger partial charge in [0.15, 0.2) is 4.34 Å². The predicted molar refractivity (Wildman–Crippen MR) is 82.3 cm³/mol. The highest BCUT2D eigenvalue weighted by Crippen LogP contribution is 2.43. The zero-order valence-corrected chi connectivity index (χ0v) is 13.5. The number of rotatable bonds is 4. The van der Waals surface area contributed by atoms with Gasteiger partial charge in [-0.05, 0) is 32.6 Å². The molecule has 20 heavy (non-hydrogen) atoms. The minimum atomic E-state index is -0.0481. The van der Waals surface area contributed by atoms with Crippen molar-refractivity contribution in [3.8, 4) is 0 Å². The summed E-state index contributed by atoms with van der Waals surface area (Å²) in [6.07, 6.45) is 7.31. The quantitative estimate of drug-likeness (QED) is 0.800.